The van der Waals surface area contributed by atoms with E-state index in [-0.39, 0.29) is 5.75 Å². The minimum atomic E-state index is -3.20. The van der Waals surface area contributed by atoms with E-state index in [1.807, 2.05) is 44.3 Å². The number of hydrogen-bond donors (Lipinski definition) is 1. The van der Waals surface area contributed by atoms with Crippen LogP contribution in [0, 0.1) is 0 Å². The first-order chi connectivity index (χ1) is 8.61. The molecule has 1 rings (SSSR count). The smallest absolute Gasteiger partial charge is 0.235 e. The third-order valence-electron chi connectivity index (χ3n) is 2.75. The lowest BCUT2D eigenvalue weighted by molar-refractivity contribution is 0.586. The van der Waals surface area contributed by atoms with Crippen molar-refractivity contribution >= 4 is 15.7 Å². The van der Waals surface area contributed by atoms with E-state index in [1.165, 1.54) is 4.31 Å². The Morgan fingerprint density at radius 1 is 1.17 bits per heavy atom. The van der Waals surface area contributed by atoms with Crippen molar-refractivity contribution in [3.8, 4) is 0 Å². The Morgan fingerprint density at radius 2 is 1.83 bits per heavy atom. The molecule has 0 atom stereocenters. The van der Waals surface area contributed by atoms with Crippen molar-refractivity contribution in [3.05, 3.63) is 30.3 Å². The zero-order valence-corrected chi connectivity index (χ0v) is 11.9. The highest BCUT2D eigenvalue weighted by atomic mass is 32.2. The first-order valence-corrected chi connectivity index (χ1v) is 7.92. The predicted octanol–water partition coefficient (Wildman–Crippen LogP) is 1.84. The quantitative estimate of drug-likeness (QED) is 0.733. The van der Waals surface area contributed by atoms with Gasteiger partial charge in [0.25, 0.3) is 0 Å². The number of nitrogens with one attached hydrogen (secondary N) is 1. The summed E-state index contributed by atoms with van der Waals surface area (Å²) in [7, 11) is -1.33. The highest BCUT2D eigenvalue weighted by Crippen LogP contribution is 2.18. The van der Waals surface area contributed by atoms with Crippen LogP contribution in [0.1, 0.15) is 19.8 Å². The van der Waals surface area contributed by atoms with E-state index in [9.17, 15) is 8.42 Å². The molecule has 0 aliphatic rings. The first kappa shape index (κ1) is 15.0. The molecule has 0 aliphatic heterocycles. The molecule has 0 aliphatic carbocycles. The van der Waals surface area contributed by atoms with Crippen molar-refractivity contribution in [2.45, 2.75) is 19.8 Å². The number of nitrogens with zero attached hydrogens (tertiary/aromatic N) is 1. The average molecular weight is 270 g/mol. The summed E-state index contributed by atoms with van der Waals surface area (Å²) in [4.78, 5) is 0. The molecule has 0 saturated heterocycles. The maximum Gasteiger partial charge on any atom is 0.235 e. The molecule has 4 nitrogen and oxygen atoms in total. The Bertz CT molecular complexity index is 432. The predicted molar refractivity (Wildman–Crippen MR) is 76.4 cm³/mol. The second kappa shape index (κ2) is 7.38. The number of benzene rings is 1. The van der Waals surface area contributed by atoms with Gasteiger partial charge in [-0.25, -0.2) is 8.42 Å². The summed E-state index contributed by atoms with van der Waals surface area (Å²) in [5.74, 6) is 0.206. The van der Waals surface area contributed by atoms with E-state index < -0.39 is 10.0 Å². The second-order valence-corrected chi connectivity index (χ2v) is 6.14. The summed E-state index contributed by atoms with van der Waals surface area (Å²) >= 11 is 0. The van der Waals surface area contributed by atoms with E-state index in [1.54, 1.807) is 0 Å². The van der Waals surface area contributed by atoms with Crippen molar-refractivity contribution in [2.75, 3.05) is 30.2 Å². The van der Waals surface area contributed by atoms with Gasteiger partial charge in [0, 0.05) is 6.54 Å². The summed E-state index contributed by atoms with van der Waals surface area (Å²) in [5.41, 5.74) is 0.744. The lowest BCUT2D eigenvalue weighted by atomic mass is 10.3. The molecule has 1 aromatic carbocycles. The van der Waals surface area contributed by atoms with Crippen molar-refractivity contribution in [3.63, 3.8) is 0 Å². The van der Waals surface area contributed by atoms with Crippen molar-refractivity contribution in [1.82, 2.24) is 5.32 Å². The summed E-state index contributed by atoms with van der Waals surface area (Å²) in [6, 6.07) is 9.25. The highest BCUT2D eigenvalue weighted by molar-refractivity contribution is 7.92. The third kappa shape index (κ3) is 4.31. The van der Waals surface area contributed by atoms with Crippen molar-refractivity contribution in [1.29, 1.82) is 0 Å². The van der Waals surface area contributed by atoms with Gasteiger partial charge in [-0.1, -0.05) is 18.2 Å². The minimum Gasteiger partial charge on any atom is -0.320 e. The maximum atomic E-state index is 12.2. The Labute approximate surface area is 110 Å². The molecule has 0 saturated carbocycles. The van der Waals surface area contributed by atoms with E-state index in [0.29, 0.717) is 13.0 Å². The Hall–Kier alpha value is -1.07. The normalized spacial score (nSPS) is 11.4. The fraction of sp³-hybridized carbons (Fsp3) is 0.538. The number of unbranched alkanes of at least 4 members (excludes halogenated alkanes) is 1. The molecule has 0 fully saturated rings. The van der Waals surface area contributed by atoms with E-state index in [2.05, 4.69) is 5.32 Å². The Morgan fingerprint density at radius 3 is 2.39 bits per heavy atom. The van der Waals surface area contributed by atoms with Gasteiger partial charge in [-0.05, 0) is 45.5 Å². The van der Waals surface area contributed by atoms with Crippen LogP contribution in [0.25, 0.3) is 0 Å². The number of hydrogen-bond acceptors (Lipinski definition) is 3. The van der Waals surface area contributed by atoms with Gasteiger partial charge >= 0.3 is 0 Å². The summed E-state index contributed by atoms with van der Waals surface area (Å²) in [5, 5.41) is 3.02. The maximum absolute atomic E-state index is 12.2. The second-order valence-electron chi connectivity index (χ2n) is 4.13. The molecule has 0 aromatic heterocycles. The first-order valence-electron chi connectivity index (χ1n) is 6.32. The average Bonchev–Trinajstić information content (AvgIpc) is 2.36. The zero-order valence-electron chi connectivity index (χ0n) is 11.1. The molecule has 0 spiro atoms. The molecular formula is C13H22N2O2S. The molecule has 0 unspecified atom stereocenters. The lowest BCUT2D eigenvalue weighted by Crippen LogP contribution is -2.33. The van der Waals surface area contributed by atoms with Gasteiger partial charge in [-0.15, -0.1) is 0 Å². The topological polar surface area (TPSA) is 49.4 Å². The number of anilines is 1. The van der Waals surface area contributed by atoms with Crippen LogP contribution in [0.5, 0.6) is 0 Å². The molecule has 0 bridgehead atoms. The van der Waals surface area contributed by atoms with Gasteiger partial charge in [0.05, 0.1) is 11.4 Å². The molecule has 0 radical (unpaired) electrons. The molecule has 5 heteroatoms. The van der Waals surface area contributed by atoms with Crippen LogP contribution in [0.4, 0.5) is 5.69 Å². The van der Waals surface area contributed by atoms with Gasteiger partial charge in [-0.2, -0.15) is 0 Å². The van der Waals surface area contributed by atoms with E-state index >= 15 is 0 Å². The van der Waals surface area contributed by atoms with Crippen molar-refractivity contribution in [2.24, 2.45) is 0 Å². The molecule has 1 aromatic rings. The third-order valence-corrected chi connectivity index (χ3v) is 4.69. The Kier molecular flexibility index (Phi) is 6.15. The van der Waals surface area contributed by atoms with Gasteiger partial charge in [0.2, 0.25) is 10.0 Å². The fourth-order valence-electron chi connectivity index (χ4n) is 1.83. The standard InChI is InChI=1S/C13H22N2O2S/c1-3-15(13-9-5-4-6-10-13)18(16,17)12-8-7-11-14-2/h4-6,9-10,14H,3,7-8,11-12H2,1-2H3. The van der Waals surface area contributed by atoms with Crippen LogP contribution in [-0.2, 0) is 10.0 Å². The van der Waals surface area contributed by atoms with E-state index in [0.717, 1.165) is 18.7 Å². The largest absolute Gasteiger partial charge is 0.320 e. The molecule has 102 valence electrons. The van der Waals surface area contributed by atoms with Crippen LogP contribution in [0.3, 0.4) is 0 Å². The van der Waals surface area contributed by atoms with Crippen LogP contribution in [0.2, 0.25) is 0 Å². The SMILES string of the molecule is CCN(c1ccccc1)S(=O)(=O)CCCCNC. The van der Waals surface area contributed by atoms with Crippen LogP contribution >= 0.6 is 0 Å². The van der Waals surface area contributed by atoms with Gasteiger partial charge < -0.3 is 5.32 Å². The van der Waals surface area contributed by atoms with Gasteiger partial charge in [0.15, 0.2) is 0 Å². The Balaban J connectivity index is 2.69. The van der Waals surface area contributed by atoms with Gasteiger partial charge in [-0.3, -0.25) is 4.31 Å². The molecule has 1 N–H and O–H groups in total. The van der Waals surface area contributed by atoms with Crippen LogP contribution in [0.15, 0.2) is 30.3 Å². The number of sulfonamides is 1. The highest BCUT2D eigenvalue weighted by Gasteiger charge is 2.19. The molecular weight excluding hydrogens is 248 g/mol. The monoisotopic (exact) mass is 270 g/mol. The molecule has 0 heterocycles. The van der Waals surface area contributed by atoms with Gasteiger partial charge in [0.1, 0.15) is 0 Å². The molecule has 18 heavy (non-hydrogen) atoms. The summed E-state index contributed by atoms with van der Waals surface area (Å²) in [6.07, 6.45) is 1.56. The summed E-state index contributed by atoms with van der Waals surface area (Å²) in [6.45, 7) is 3.18. The number of para-hydroxylation sites is 1. The van der Waals surface area contributed by atoms with Crippen molar-refractivity contribution < 1.29 is 8.42 Å². The lowest BCUT2D eigenvalue weighted by Gasteiger charge is -2.22. The van der Waals surface area contributed by atoms with Crippen LogP contribution in [-0.4, -0.2) is 34.3 Å². The minimum absolute atomic E-state index is 0.206. The van der Waals surface area contributed by atoms with E-state index in [4.69, 9.17) is 0 Å². The van der Waals surface area contributed by atoms with Crippen LogP contribution < -0.4 is 9.62 Å². The number of rotatable bonds is 8. The zero-order chi connectivity index (χ0) is 13.4. The molecule has 0 amide bonds. The summed E-state index contributed by atoms with van der Waals surface area (Å²) < 4.78 is 25.9. The fourth-order valence-corrected chi connectivity index (χ4v) is 3.46.